The van der Waals surface area contributed by atoms with Crippen molar-refractivity contribution in [1.82, 2.24) is 0 Å². The highest BCUT2D eigenvalue weighted by Gasteiger charge is 2.53. The number of phosphoric ester groups is 1. The number of esters is 4. The Morgan fingerprint density at radius 1 is 0.705 bits per heavy atom. The van der Waals surface area contributed by atoms with E-state index in [9.17, 15) is 23.7 Å². The molecule has 0 radical (unpaired) electrons. The fraction of sp³-hybridized carbons (Fsp3) is 0.448. The molecular formula is C29H35O14P. The van der Waals surface area contributed by atoms with Crippen molar-refractivity contribution in [3.05, 3.63) is 71.8 Å². The van der Waals surface area contributed by atoms with Crippen molar-refractivity contribution in [1.29, 1.82) is 0 Å². The smallest absolute Gasteiger partial charge is 0.467 e. The molecule has 2 aromatic carbocycles. The molecule has 1 saturated heterocycles. The Hall–Kier alpha value is -3.65. The van der Waals surface area contributed by atoms with E-state index in [0.29, 0.717) is 11.1 Å². The van der Waals surface area contributed by atoms with E-state index in [1.807, 2.05) is 12.1 Å². The molecule has 1 aliphatic rings. The summed E-state index contributed by atoms with van der Waals surface area (Å²) in [5.74, 6) is -3.23. The Balaban J connectivity index is 1.90. The van der Waals surface area contributed by atoms with Gasteiger partial charge in [0.25, 0.3) is 0 Å². The summed E-state index contributed by atoms with van der Waals surface area (Å²) in [5, 5.41) is 0. The number of carbonyl (C=O) groups excluding carboxylic acids is 4. The van der Waals surface area contributed by atoms with Crippen LogP contribution in [0.15, 0.2) is 60.7 Å². The molecule has 240 valence electrons. The SMILES string of the molecule is COC(=O)COC1OC(COP(=O)(OCc2ccccc2)OCc2ccccc2)[C@@H](OC(C)=O)[C@H](OC(C)=O)[C@H]1OC(C)=O. The summed E-state index contributed by atoms with van der Waals surface area (Å²) >= 11 is 0. The summed E-state index contributed by atoms with van der Waals surface area (Å²) in [6.07, 6.45) is -7.32. The zero-order valence-electron chi connectivity index (χ0n) is 24.7. The van der Waals surface area contributed by atoms with Gasteiger partial charge in [0.15, 0.2) is 24.6 Å². The number of hydrogen-bond donors (Lipinski definition) is 0. The van der Waals surface area contributed by atoms with E-state index in [0.717, 1.165) is 27.9 Å². The van der Waals surface area contributed by atoms with Crippen LogP contribution in [0.4, 0.5) is 0 Å². The third-order valence-electron chi connectivity index (χ3n) is 5.95. The van der Waals surface area contributed by atoms with Crippen LogP contribution in [0.5, 0.6) is 0 Å². The molecule has 2 aromatic rings. The average Bonchev–Trinajstić information content (AvgIpc) is 3.00. The fourth-order valence-electron chi connectivity index (χ4n) is 4.06. The van der Waals surface area contributed by atoms with Gasteiger partial charge in [-0.1, -0.05) is 60.7 Å². The molecule has 14 nitrogen and oxygen atoms in total. The fourth-order valence-corrected chi connectivity index (χ4v) is 5.23. The van der Waals surface area contributed by atoms with E-state index >= 15 is 0 Å². The summed E-state index contributed by atoms with van der Waals surface area (Å²) in [4.78, 5) is 48.0. The Bertz CT molecular complexity index is 1240. The number of benzene rings is 2. The molecule has 0 saturated carbocycles. The Kier molecular flexibility index (Phi) is 13.5. The first kappa shape index (κ1) is 34.8. The first-order valence-corrected chi connectivity index (χ1v) is 14.9. The number of ether oxygens (including phenoxy) is 6. The zero-order chi connectivity index (χ0) is 32.1. The minimum Gasteiger partial charge on any atom is -0.467 e. The lowest BCUT2D eigenvalue weighted by Crippen LogP contribution is -2.63. The van der Waals surface area contributed by atoms with E-state index in [2.05, 4.69) is 4.74 Å². The van der Waals surface area contributed by atoms with Gasteiger partial charge in [0.2, 0.25) is 0 Å². The largest absolute Gasteiger partial charge is 0.475 e. The van der Waals surface area contributed by atoms with Crippen LogP contribution in [-0.2, 0) is 78.9 Å². The van der Waals surface area contributed by atoms with Crippen molar-refractivity contribution in [2.45, 2.75) is 64.7 Å². The van der Waals surface area contributed by atoms with Crippen LogP contribution < -0.4 is 0 Å². The van der Waals surface area contributed by atoms with Gasteiger partial charge < -0.3 is 28.4 Å². The molecule has 1 aliphatic heterocycles. The molecule has 15 heteroatoms. The number of rotatable bonds is 15. The normalized spacial score (nSPS) is 21.6. The number of carbonyl (C=O) groups is 4. The summed E-state index contributed by atoms with van der Waals surface area (Å²) in [6, 6.07) is 17.7. The highest BCUT2D eigenvalue weighted by atomic mass is 31.2. The van der Waals surface area contributed by atoms with Gasteiger partial charge in [-0.2, -0.15) is 0 Å². The maximum Gasteiger partial charge on any atom is 0.475 e. The molecule has 0 aromatic heterocycles. The van der Waals surface area contributed by atoms with Crippen molar-refractivity contribution in [3.63, 3.8) is 0 Å². The molecule has 3 rings (SSSR count). The van der Waals surface area contributed by atoms with Crippen LogP contribution in [0.2, 0.25) is 0 Å². The first-order valence-electron chi connectivity index (χ1n) is 13.5. The molecule has 2 unspecified atom stereocenters. The first-order chi connectivity index (χ1) is 21.0. The molecule has 0 spiro atoms. The molecule has 1 fully saturated rings. The number of hydrogen-bond acceptors (Lipinski definition) is 14. The molecule has 0 bridgehead atoms. The minimum absolute atomic E-state index is 0.138. The van der Waals surface area contributed by atoms with Gasteiger partial charge in [-0.15, -0.1) is 0 Å². The third kappa shape index (κ3) is 11.1. The predicted octanol–water partition coefficient (Wildman–Crippen LogP) is 3.25. The average molecular weight is 639 g/mol. The van der Waals surface area contributed by atoms with Gasteiger partial charge in [0, 0.05) is 20.8 Å². The maximum absolute atomic E-state index is 13.9. The van der Waals surface area contributed by atoms with Crippen LogP contribution in [0, 0.1) is 0 Å². The van der Waals surface area contributed by atoms with Crippen LogP contribution in [0.1, 0.15) is 31.9 Å². The molecule has 44 heavy (non-hydrogen) atoms. The topological polar surface area (TPSA) is 168 Å². The second-order valence-electron chi connectivity index (χ2n) is 9.41. The predicted molar refractivity (Wildman–Crippen MR) is 149 cm³/mol. The van der Waals surface area contributed by atoms with Crippen molar-refractivity contribution in [2.24, 2.45) is 0 Å². The lowest BCUT2D eigenvalue weighted by atomic mass is 9.98. The molecule has 5 atom stereocenters. The van der Waals surface area contributed by atoms with Crippen molar-refractivity contribution in [2.75, 3.05) is 20.3 Å². The Morgan fingerprint density at radius 3 is 1.66 bits per heavy atom. The van der Waals surface area contributed by atoms with E-state index in [4.69, 9.17) is 37.3 Å². The van der Waals surface area contributed by atoms with Gasteiger partial charge in [-0.05, 0) is 11.1 Å². The van der Waals surface area contributed by atoms with Crippen LogP contribution in [0.25, 0.3) is 0 Å². The van der Waals surface area contributed by atoms with Crippen molar-refractivity contribution < 1.29 is 65.7 Å². The summed E-state index contributed by atoms with van der Waals surface area (Å²) in [5.41, 5.74) is 1.36. The van der Waals surface area contributed by atoms with Gasteiger partial charge in [-0.3, -0.25) is 28.0 Å². The van der Waals surface area contributed by atoms with Gasteiger partial charge >= 0.3 is 31.7 Å². The quantitative estimate of drug-likeness (QED) is 0.158. The Labute approximate surface area is 254 Å². The van der Waals surface area contributed by atoms with Crippen LogP contribution in [0.3, 0.4) is 0 Å². The minimum atomic E-state index is -4.35. The highest BCUT2D eigenvalue weighted by molar-refractivity contribution is 7.48. The third-order valence-corrected chi connectivity index (χ3v) is 7.31. The van der Waals surface area contributed by atoms with E-state index in [-0.39, 0.29) is 13.2 Å². The van der Waals surface area contributed by atoms with Gasteiger partial charge in [-0.25, -0.2) is 9.36 Å². The standard InChI is InChI=1S/C29H35O14P/c1-19(30)40-26-24(43-29(36-18-25(33)35-4)28(42-21(3)32)27(26)41-20(2)31)17-39-44(34,37-15-22-11-7-5-8-12-22)38-16-23-13-9-6-10-14-23/h5-14,24,26-29H,15-18H2,1-4H3/t24?,26-,27+,28-,29?/m1/s1. The van der Waals surface area contributed by atoms with E-state index in [1.54, 1.807) is 48.5 Å². The number of phosphoric acid groups is 1. The van der Waals surface area contributed by atoms with Crippen molar-refractivity contribution in [3.8, 4) is 0 Å². The monoisotopic (exact) mass is 638 g/mol. The summed E-state index contributed by atoms with van der Waals surface area (Å²) < 4.78 is 62.9. The van der Waals surface area contributed by atoms with E-state index < -0.39 is 75.6 Å². The van der Waals surface area contributed by atoms with Crippen LogP contribution in [-0.4, -0.2) is 74.9 Å². The lowest BCUT2D eigenvalue weighted by molar-refractivity contribution is -0.306. The second-order valence-corrected chi connectivity index (χ2v) is 11.1. The molecule has 0 aliphatic carbocycles. The molecular weight excluding hydrogens is 603 g/mol. The summed E-state index contributed by atoms with van der Waals surface area (Å²) in [7, 11) is -3.21. The van der Waals surface area contributed by atoms with Gasteiger partial charge in [0.1, 0.15) is 12.7 Å². The lowest BCUT2D eigenvalue weighted by Gasteiger charge is -2.44. The van der Waals surface area contributed by atoms with Gasteiger partial charge in [0.05, 0.1) is 26.9 Å². The zero-order valence-corrected chi connectivity index (χ0v) is 25.5. The van der Waals surface area contributed by atoms with Crippen LogP contribution >= 0.6 is 7.82 Å². The van der Waals surface area contributed by atoms with Crippen molar-refractivity contribution >= 4 is 31.7 Å². The second kappa shape index (κ2) is 17.0. The number of methoxy groups -OCH3 is 1. The Morgan fingerprint density at radius 2 is 1.18 bits per heavy atom. The molecule has 0 N–H and O–H groups in total. The molecule has 1 heterocycles. The molecule has 0 amide bonds. The highest BCUT2D eigenvalue weighted by Crippen LogP contribution is 2.51. The summed E-state index contributed by atoms with van der Waals surface area (Å²) in [6.45, 7) is 1.74. The maximum atomic E-state index is 13.9. The van der Waals surface area contributed by atoms with E-state index in [1.165, 1.54) is 0 Å².